The van der Waals surface area contributed by atoms with Crippen LogP contribution in [-0.2, 0) is 4.79 Å². The third kappa shape index (κ3) is 6.66. The third-order valence-electron chi connectivity index (χ3n) is 8.67. The molecule has 1 saturated heterocycles. The number of nitrogens with zero attached hydrogens (tertiary/aromatic N) is 5. The molecular formula is C30H40F3N7O3. The van der Waals surface area contributed by atoms with Crippen molar-refractivity contribution in [1.82, 2.24) is 20.2 Å². The largest absolute Gasteiger partial charge is 0.495 e. The van der Waals surface area contributed by atoms with Crippen LogP contribution in [0.5, 0.6) is 5.75 Å². The molecule has 0 unspecified atom stereocenters. The van der Waals surface area contributed by atoms with E-state index in [1.165, 1.54) is 31.3 Å². The number of amides is 2. The first-order valence-corrected chi connectivity index (χ1v) is 15.1. The van der Waals surface area contributed by atoms with E-state index in [9.17, 15) is 18.4 Å². The lowest BCUT2D eigenvalue weighted by Gasteiger charge is -2.32. The molecule has 2 N–H and O–H groups in total. The van der Waals surface area contributed by atoms with E-state index in [4.69, 9.17) is 4.74 Å². The molecule has 0 spiro atoms. The molecule has 0 radical (unpaired) electrons. The van der Waals surface area contributed by atoms with E-state index in [1.807, 2.05) is 0 Å². The Bertz CT molecular complexity index is 1330. The number of hydrogen-bond donors (Lipinski definition) is 2. The summed E-state index contributed by atoms with van der Waals surface area (Å²) in [5, 5.41) is 5.87. The summed E-state index contributed by atoms with van der Waals surface area (Å²) >= 11 is 0. The van der Waals surface area contributed by atoms with Gasteiger partial charge in [0.25, 0.3) is 11.8 Å². The SMILES string of the molecule is CCCCN1CCC(NC(=O)c2cc(OC)c(Nc3ncc4c(n3)N(C3CCCC3)CC(F)(F)C(=O)N4C)cc2F)CC1. The van der Waals surface area contributed by atoms with Crippen molar-refractivity contribution in [3.05, 3.63) is 29.7 Å². The van der Waals surface area contributed by atoms with Crippen LogP contribution < -0.4 is 25.2 Å². The highest BCUT2D eigenvalue weighted by atomic mass is 19.3. The monoisotopic (exact) mass is 603 g/mol. The molecule has 13 heteroatoms. The van der Waals surface area contributed by atoms with Crippen molar-refractivity contribution < 1.29 is 27.5 Å². The van der Waals surface area contributed by atoms with Crippen molar-refractivity contribution in [3.8, 4) is 5.75 Å². The lowest BCUT2D eigenvalue weighted by atomic mass is 10.0. The molecule has 10 nitrogen and oxygen atoms in total. The summed E-state index contributed by atoms with van der Waals surface area (Å²) in [7, 11) is 2.68. The maximum Gasteiger partial charge on any atom is 0.342 e. The first-order valence-electron chi connectivity index (χ1n) is 15.1. The average molecular weight is 604 g/mol. The summed E-state index contributed by atoms with van der Waals surface area (Å²) in [4.78, 5) is 39.1. The molecule has 2 aliphatic heterocycles. The minimum atomic E-state index is -3.60. The first kappa shape index (κ1) is 30.8. The second-order valence-electron chi connectivity index (χ2n) is 11.6. The van der Waals surface area contributed by atoms with E-state index in [-0.39, 0.29) is 46.5 Å². The lowest BCUT2D eigenvalue weighted by molar-refractivity contribution is -0.140. The summed E-state index contributed by atoms with van der Waals surface area (Å²) < 4.78 is 50.6. The Hall–Kier alpha value is -3.61. The van der Waals surface area contributed by atoms with Gasteiger partial charge in [-0.15, -0.1) is 0 Å². The van der Waals surface area contributed by atoms with Crippen LogP contribution in [0.3, 0.4) is 0 Å². The number of benzene rings is 1. The van der Waals surface area contributed by atoms with Gasteiger partial charge in [-0.05, 0) is 44.7 Å². The minimum Gasteiger partial charge on any atom is -0.495 e. The van der Waals surface area contributed by atoms with E-state index in [1.54, 1.807) is 0 Å². The van der Waals surface area contributed by atoms with Gasteiger partial charge in [-0.25, -0.2) is 9.37 Å². The molecule has 1 aliphatic carbocycles. The zero-order valence-corrected chi connectivity index (χ0v) is 25.0. The second-order valence-corrected chi connectivity index (χ2v) is 11.6. The molecule has 1 aromatic carbocycles. The Morgan fingerprint density at radius 2 is 1.88 bits per heavy atom. The number of fused-ring (bicyclic) bond motifs is 1. The normalized spacial score (nSPS) is 19.7. The fourth-order valence-electron chi connectivity index (χ4n) is 6.16. The van der Waals surface area contributed by atoms with Gasteiger partial charge in [0.05, 0.1) is 31.1 Å². The number of anilines is 4. The van der Waals surface area contributed by atoms with Crippen LogP contribution in [0.2, 0.25) is 0 Å². The van der Waals surface area contributed by atoms with Crippen LogP contribution in [-0.4, -0.2) is 85.0 Å². The van der Waals surface area contributed by atoms with E-state index >= 15 is 4.39 Å². The molecule has 234 valence electrons. The Balaban J connectivity index is 1.35. The van der Waals surface area contributed by atoms with Gasteiger partial charge in [0.2, 0.25) is 5.95 Å². The number of alkyl halides is 2. The van der Waals surface area contributed by atoms with Gasteiger partial charge in [-0.1, -0.05) is 26.2 Å². The van der Waals surface area contributed by atoms with Crippen LogP contribution in [0, 0.1) is 5.82 Å². The predicted octanol–water partition coefficient (Wildman–Crippen LogP) is 4.72. The van der Waals surface area contributed by atoms with E-state index in [0.29, 0.717) is 12.8 Å². The van der Waals surface area contributed by atoms with Crippen LogP contribution in [0.1, 0.15) is 68.6 Å². The van der Waals surface area contributed by atoms with Crippen molar-refractivity contribution in [2.24, 2.45) is 0 Å². The number of ether oxygens (including phenoxy) is 1. The Morgan fingerprint density at radius 3 is 2.56 bits per heavy atom. The predicted molar refractivity (Wildman–Crippen MR) is 158 cm³/mol. The van der Waals surface area contributed by atoms with E-state index < -0.39 is 30.1 Å². The van der Waals surface area contributed by atoms with Gasteiger partial charge >= 0.3 is 5.92 Å². The molecule has 5 rings (SSSR count). The number of carbonyl (C=O) groups excluding carboxylic acids is 2. The maximum absolute atomic E-state index is 15.3. The minimum absolute atomic E-state index is 0.0116. The molecule has 2 aromatic rings. The molecule has 2 fully saturated rings. The molecular weight excluding hydrogens is 563 g/mol. The zero-order chi connectivity index (χ0) is 30.7. The van der Waals surface area contributed by atoms with Crippen LogP contribution >= 0.6 is 0 Å². The summed E-state index contributed by atoms with van der Waals surface area (Å²) in [6, 6.07) is 2.22. The Morgan fingerprint density at radius 1 is 1.16 bits per heavy atom. The number of hydrogen-bond acceptors (Lipinski definition) is 8. The van der Waals surface area contributed by atoms with Gasteiger partial charge < -0.3 is 30.1 Å². The van der Waals surface area contributed by atoms with E-state index in [0.717, 1.165) is 69.1 Å². The number of nitrogens with one attached hydrogen (secondary N) is 2. The smallest absolute Gasteiger partial charge is 0.342 e. The van der Waals surface area contributed by atoms with Crippen molar-refractivity contribution in [1.29, 1.82) is 0 Å². The molecule has 1 saturated carbocycles. The fraction of sp³-hybridized carbons (Fsp3) is 0.600. The van der Waals surface area contributed by atoms with Crippen molar-refractivity contribution in [2.75, 3.05) is 55.5 Å². The van der Waals surface area contributed by atoms with Gasteiger partial charge in [0, 0.05) is 38.3 Å². The molecule has 0 atom stereocenters. The number of unbranched alkanes of at least 4 members (excludes halogenated alkanes) is 1. The Labute approximate surface area is 250 Å². The fourth-order valence-corrected chi connectivity index (χ4v) is 6.16. The standard InChI is InChI=1S/C30H40F3N7O3/c1-4-5-12-39-13-10-19(11-14-39)35-27(41)21-15-25(43-3)23(16-22(21)31)36-29-34-17-24-26(37-29)40(20-8-6-7-9-20)18-30(32,33)28(42)38(24)2/h15-17,19-20H,4-14,18H2,1-3H3,(H,35,41)(H,34,36,37). The Kier molecular flexibility index (Phi) is 9.28. The van der Waals surface area contributed by atoms with Gasteiger partial charge in [-0.3, -0.25) is 9.59 Å². The molecule has 2 amide bonds. The van der Waals surface area contributed by atoms with Gasteiger partial charge in [-0.2, -0.15) is 13.8 Å². The lowest BCUT2D eigenvalue weighted by Crippen LogP contribution is -2.48. The van der Waals surface area contributed by atoms with Crippen LogP contribution in [0.15, 0.2) is 18.3 Å². The zero-order valence-electron chi connectivity index (χ0n) is 25.0. The van der Waals surface area contributed by atoms with Crippen molar-refractivity contribution in [3.63, 3.8) is 0 Å². The molecule has 3 heterocycles. The number of rotatable bonds is 9. The number of halogens is 3. The third-order valence-corrected chi connectivity index (χ3v) is 8.67. The van der Waals surface area contributed by atoms with Crippen molar-refractivity contribution >= 4 is 35.0 Å². The highest BCUT2D eigenvalue weighted by Gasteiger charge is 2.48. The van der Waals surface area contributed by atoms with Gasteiger partial charge in [0.1, 0.15) is 17.3 Å². The quantitative estimate of drug-likeness (QED) is 0.425. The average Bonchev–Trinajstić information content (AvgIpc) is 3.52. The molecule has 3 aliphatic rings. The van der Waals surface area contributed by atoms with Crippen molar-refractivity contribution in [2.45, 2.75) is 76.3 Å². The topological polar surface area (TPSA) is 103 Å². The number of piperidine rings is 1. The molecule has 1 aromatic heterocycles. The van der Waals surface area contributed by atoms with Gasteiger partial charge in [0.15, 0.2) is 5.82 Å². The summed E-state index contributed by atoms with van der Waals surface area (Å²) in [6.07, 6.45) is 8.41. The molecule has 0 bridgehead atoms. The summed E-state index contributed by atoms with van der Waals surface area (Å²) in [5.41, 5.74) is 0.186. The highest BCUT2D eigenvalue weighted by Crippen LogP contribution is 2.40. The van der Waals surface area contributed by atoms with Crippen LogP contribution in [0.4, 0.5) is 36.3 Å². The maximum atomic E-state index is 15.3. The summed E-state index contributed by atoms with van der Waals surface area (Å²) in [5.74, 6) is -5.79. The highest BCUT2D eigenvalue weighted by molar-refractivity contribution is 6.02. The van der Waals surface area contributed by atoms with Crippen LogP contribution in [0.25, 0.3) is 0 Å². The summed E-state index contributed by atoms with van der Waals surface area (Å²) in [6.45, 7) is 4.20. The molecule has 43 heavy (non-hydrogen) atoms. The number of likely N-dealkylation sites (tertiary alicyclic amines) is 1. The van der Waals surface area contributed by atoms with E-state index in [2.05, 4.69) is 32.4 Å². The number of aromatic nitrogens is 2. The first-order chi connectivity index (χ1) is 20.6. The number of carbonyl (C=O) groups is 2. The number of methoxy groups -OCH3 is 1. The second kappa shape index (κ2) is 12.9.